The molecule has 0 atom stereocenters. The maximum absolute atomic E-state index is 12.6. The van der Waals surface area contributed by atoms with Crippen LogP contribution in [0.25, 0.3) is 6.08 Å². The fourth-order valence-corrected chi connectivity index (χ4v) is 3.52. The minimum atomic E-state index is -0.264. The van der Waals surface area contributed by atoms with Gasteiger partial charge in [-0.05, 0) is 60.0 Å². The van der Waals surface area contributed by atoms with Gasteiger partial charge in [-0.3, -0.25) is 9.59 Å². The van der Waals surface area contributed by atoms with Crippen LogP contribution in [0.5, 0.6) is 0 Å². The Morgan fingerprint density at radius 3 is 2.36 bits per heavy atom. The minimum absolute atomic E-state index is 0.256. The van der Waals surface area contributed by atoms with Crippen molar-refractivity contribution in [3.8, 4) is 0 Å². The Bertz CT molecular complexity index is 851. The van der Waals surface area contributed by atoms with Gasteiger partial charge >= 0.3 is 0 Å². The highest BCUT2D eigenvalue weighted by molar-refractivity contribution is 8.18. The highest BCUT2D eigenvalue weighted by Crippen LogP contribution is 2.35. The van der Waals surface area contributed by atoms with E-state index in [-0.39, 0.29) is 11.1 Å². The van der Waals surface area contributed by atoms with Gasteiger partial charge in [-0.15, -0.1) is 0 Å². The molecule has 25 heavy (non-hydrogen) atoms. The second-order valence-corrected chi connectivity index (χ2v) is 6.83. The van der Waals surface area contributed by atoms with Gasteiger partial charge in [0.15, 0.2) is 0 Å². The summed E-state index contributed by atoms with van der Waals surface area (Å²) in [7, 11) is 0. The molecule has 2 aromatic carbocycles. The molecule has 0 radical (unpaired) electrons. The predicted molar refractivity (Wildman–Crippen MR) is 104 cm³/mol. The van der Waals surface area contributed by atoms with Gasteiger partial charge in [0.25, 0.3) is 11.1 Å². The fraction of sp³-hybridized carbons (Fsp3) is 0.143. The average Bonchev–Trinajstić information content (AvgIpc) is 2.89. The number of thioether (sulfide) groups is 1. The van der Waals surface area contributed by atoms with E-state index in [0.717, 1.165) is 29.3 Å². The zero-order valence-electron chi connectivity index (χ0n) is 14.2. The number of nitrogens with zero attached hydrogens (tertiary/aromatic N) is 1. The summed E-state index contributed by atoms with van der Waals surface area (Å²) in [6.07, 6.45) is 4.69. The maximum atomic E-state index is 12.6. The van der Waals surface area contributed by atoms with E-state index in [1.807, 2.05) is 67.6 Å². The molecule has 1 heterocycles. The third-order valence-corrected chi connectivity index (χ3v) is 4.82. The van der Waals surface area contributed by atoms with Gasteiger partial charge in [0.2, 0.25) is 0 Å². The first-order chi connectivity index (χ1) is 12.1. The molecule has 0 bridgehead atoms. The molecule has 0 saturated carbocycles. The first-order valence-electron chi connectivity index (χ1n) is 8.18. The lowest BCUT2D eigenvalue weighted by Crippen LogP contribution is -2.27. The van der Waals surface area contributed by atoms with Crippen LogP contribution >= 0.6 is 11.8 Å². The molecule has 0 aromatic heterocycles. The Labute approximate surface area is 152 Å². The molecule has 1 aliphatic rings. The fourth-order valence-electron chi connectivity index (χ4n) is 2.63. The summed E-state index contributed by atoms with van der Waals surface area (Å²) in [5, 5.41) is -0.256. The predicted octanol–water partition coefficient (Wildman–Crippen LogP) is 5.44. The summed E-state index contributed by atoms with van der Waals surface area (Å²) in [5.74, 6) is -0.264. The van der Waals surface area contributed by atoms with Crippen molar-refractivity contribution in [2.24, 2.45) is 0 Å². The van der Waals surface area contributed by atoms with E-state index in [9.17, 15) is 9.59 Å². The van der Waals surface area contributed by atoms with Crippen LogP contribution in [0.2, 0.25) is 0 Å². The van der Waals surface area contributed by atoms with E-state index < -0.39 is 0 Å². The third-order valence-electron chi connectivity index (χ3n) is 3.95. The monoisotopic (exact) mass is 349 g/mol. The number of hydrogen-bond donors (Lipinski definition) is 0. The van der Waals surface area contributed by atoms with Crippen LogP contribution in [0.3, 0.4) is 0 Å². The average molecular weight is 349 g/mol. The lowest BCUT2D eigenvalue weighted by Gasteiger charge is -2.12. The summed E-state index contributed by atoms with van der Waals surface area (Å²) in [5.41, 5.74) is 3.78. The number of imide groups is 1. The van der Waals surface area contributed by atoms with Gasteiger partial charge in [0.05, 0.1) is 10.6 Å². The van der Waals surface area contributed by atoms with Crippen LogP contribution in [0.1, 0.15) is 25.0 Å². The molecule has 0 spiro atoms. The number of allylic oxidation sites excluding steroid dienone is 2. The Balaban J connectivity index is 1.84. The molecule has 4 heteroatoms. The van der Waals surface area contributed by atoms with Crippen molar-refractivity contribution in [2.75, 3.05) is 4.90 Å². The van der Waals surface area contributed by atoms with Crippen molar-refractivity contribution < 1.29 is 9.59 Å². The van der Waals surface area contributed by atoms with Crippen LogP contribution in [0.4, 0.5) is 10.5 Å². The quantitative estimate of drug-likeness (QED) is 0.690. The van der Waals surface area contributed by atoms with Gasteiger partial charge in [-0.25, -0.2) is 4.90 Å². The highest BCUT2D eigenvalue weighted by Gasteiger charge is 2.36. The molecule has 0 unspecified atom stereocenters. The Hall–Kier alpha value is -2.59. The second-order valence-electron chi connectivity index (χ2n) is 5.84. The normalized spacial score (nSPS) is 16.8. The van der Waals surface area contributed by atoms with Crippen molar-refractivity contribution in [3.05, 3.63) is 82.3 Å². The third kappa shape index (κ3) is 3.91. The first-order valence-corrected chi connectivity index (χ1v) is 9.00. The molecular weight excluding hydrogens is 330 g/mol. The minimum Gasteiger partial charge on any atom is -0.268 e. The molecule has 3 nitrogen and oxygen atoms in total. The van der Waals surface area contributed by atoms with Crippen molar-refractivity contribution in [1.82, 2.24) is 0 Å². The molecule has 2 amide bonds. The standard InChI is InChI=1S/C21H19NO2S/c1-3-16-9-11-18(12-10-16)22-20(23)19(25-21(22)24)14-15(2)13-17-7-5-4-6-8-17/h4-14H,3H2,1-2H3/b15-13+,19-14-. The van der Waals surface area contributed by atoms with Crippen LogP contribution in [-0.4, -0.2) is 11.1 Å². The molecule has 1 aliphatic heterocycles. The van der Waals surface area contributed by atoms with Crippen molar-refractivity contribution in [1.29, 1.82) is 0 Å². The molecule has 0 aliphatic carbocycles. The number of anilines is 1. The van der Waals surface area contributed by atoms with Crippen LogP contribution < -0.4 is 4.90 Å². The van der Waals surface area contributed by atoms with Crippen molar-refractivity contribution >= 4 is 34.7 Å². The number of carbonyl (C=O) groups is 2. The number of hydrogen-bond acceptors (Lipinski definition) is 3. The van der Waals surface area contributed by atoms with E-state index in [1.165, 1.54) is 10.5 Å². The van der Waals surface area contributed by atoms with Gasteiger partial charge in [0, 0.05) is 0 Å². The second kappa shape index (κ2) is 7.53. The summed E-state index contributed by atoms with van der Waals surface area (Å²) < 4.78 is 0. The smallest absolute Gasteiger partial charge is 0.268 e. The van der Waals surface area contributed by atoms with E-state index in [4.69, 9.17) is 0 Å². The van der Waals surface area contributed by atoms with Crippen LogP contribution in [0.15, 0.2) is 71.2 Å². The zero-order valence-corrected chi connectivity index (χ0v) is 15.0. The molecule has 2 aromatic rings. The van der Waals surface area contributed by atoms with E-state index in [1.54, 1.807) is 6.08 Å². The van der Waals surface area contributed by atoms with Crippen LogP contribution in [0, 0.1) is 0 Å². The van der Waals surface area contributed by atoms with E-state index in [2.05, 4.69) is 6.92 Å². The zero-order chi connectivity index (χ0) is 17.8. The molecule has 1 fully saturated rings. The Morgan fingerprint density at radius 1 is 1.04 bits per heavy atom. The summed E-state index contributed by atoms with van der Waals surface area (Å²) in [4.78, 5) is 26.6. The lowest BCUT2D eigenvalue weighted by atomic mass is 10.1. The van der Waals surface area contributed by atoms with Gasteiger partial charge in [-0.2, -0.15) is 0 Å². The number of aryl methyl sites for hydroxylation is 1. The van der Waals surface area contributed by atoms with E-state index >= 15 is 0 Å². The van der Waals surface area contributed by atoms with Gasteiger partial charge in [0.1, 0.15) is 0 Å². The Morgan fingerprint density at radius 2 is 1.72 bits per heavy atom. The maximum Gasteiger partial charge on any atom is 0.298 e. The molecular formula is C21H19NO2S. The number of rotatable bonds is 4. The van der Waals surface area contributed by atoms with Gasteiger partial charge in [-0.1, -0.05) is 55.5 Å². The number of amides is 2. The SMILES string of the molecule is CCc1ccc(N2C(=O)S/C(=C\C(C)=C\c3ccccc3)C2=O)cc1. The summed E-state index contributed by atoms with van der Waals surface area (Å²) in [6, 6.07) is 17.4. The molecule has 126 valence electrons. The lowest BCUT2D eigenvalue weighted by molar-refractivity contribution is -0.113. The van der Waals surface area contributed by atoms with Crippen molar-refractivity contribution in [2.45, 2.75) is 20.3 Å². The largest absolute Gasteiger partial charge is 0.298 e. The van der Waals surface area contributed by atoms with Gasteiger partial charge < -0.3 is 0 Å². The molecule has 3 rings (SSSR count). The molecule has 0 N–H and O–H groups in total. The summed E-state index contributed by atoms with van der Waals surface area (Å²) in [6.45, 7) is 4.00. The Kier molecular flexibility index (Phi) is 5.19. The highest BCUT2D eigenvalue weighted by atomic mass is 32.2. The first kappa shape index (κ1) is 17.2. The number of carbonyl (C=O) groups excluding carboxylic acids is 2. The van der Waals surface area contributed by atoms with Crippen LogP contribution in [-0.2, 0) is 11.2 Å². The topological polar surface area (TPSA) is 37.4 Å². The molecule has 1 saturated heterocycles. The van der Waals surface area contributed by atoms with Crippen molar-refractivity contribution in [3.63, 3.8) is 0 Å². The van der Waals surface area contributed by atoms with E-state index in [0.29, 0.717) is 10.6 Å². The summed E-state index contributed by atoms with van der Waals surface area (Å²) >= 11 is 0.983. The number of benzene rings is 2.